The van der Waals surface area contributed by atoms with Crippen LogP contribution in [-0.4, -0.2) is 68.0 Å². The van der Waals surface area contributed by atoms with Gasteiger partial charge in [0.15, 0.2) is 17.6 Å². The van der Waals surface area contributed by atoms with E-state index in [0.29, 0.717) is 48.3 Å². The third kappa shape index (κ3) is 8.98. The highest BCUT2D eigenvalue weighted by Gasteiger charge is 2.30. The number of allylic oxidation sites excluding steroid dienone is 1. The number of nitrogens with one attached hydrogen (secondary N) is 1. The van der Waals surface area contributed by atoms with Gasteiger partial charge in [-0.1, -0.05) is 26.0 Å². The van der Waals surface area contributed by atoms with Crippen LogP contribution in [0.2, 0.25) is 0 Å². The van der Waals surface area contributed by atoms with Crippen LogP contribution < -0.4 is 15.8 Å². The molecule has 2 amide bonds. The molecule has 1 aliphatic rings. The number of hydrogen-bond donors (Lipinski definition) is 4. The van der Waals surface area contributed by atoms with Crippen LogP contribution in [-0.2, 0) is 25.4 Å². The van der Waals surface area contributed by atoms with Gasteiger partial charge >= 0.3 is 6.09 Å². The normalized spacial score (nSPS) is 30.3. The largest absolute Gasteiger partial charge is 0.504 e. The fourth-order valence-corrected chi connectivity index (χ4v) is 5.08. The molecule has 2 bridgehead atoms. The molecule has 1 aliphatic heterocycles. The van der Waals surface area contributed by atoms with Crippen molar-refractivity contribution in [1.29, 1.82) is 0 Å². The Balaban J connectivity index is 2.53. The lowest BCUT2D eigenvalue weighted by Crippen LogP contribution is -2.37. The molecular formula is C29H44N2O8. The number of aromatic hydroxyl groups is 1. The maximum Gasteiger partial charge on any atom is 0.405 e. The number of amides is 2. The van der Waals surface area contributed by atoms with Gasteiger partial charge in [0.1, 0.15) is 0 Å². The summed E-state index contributed by atoms with van der Waals surface area (Å²) in [6, 6.07) is 3.24. The van der Waals surface area contributed by atoms with E-state index in [2.05, 4.69) is 5.32 Å². The minimum absolute atomic E-state index is 0.0219. The van der Waals surface area contributed by atoms with Gasteiger partial charge in [0.2, 0.25) is 0 Å². The number of benzene rings is 1. The number of phenolic OH excluding ortho intramolecular Hbond substituents is 1. The fraction of sp³-hybridized carbons (Fsp3) is 0.586. The van der Waals surface area contributed by atoms with E-state index in [9.17, 15) is 19.8 Å². The lowest BCUT2D eigenvalue weighted by molar-refractivity contribution is -0.112. The number of primary amides is 1. The van der Waals surface area contributed by atoms with Crippen molar-refractivity contribution >= 4 is 17.7 Å². The Kier molecular flexibility index (Phi) is 12.3. The molecule has 10 heteroatoms. The zero-order valence-electron chi connectivity index (χ0n) is 24.0. The van der Waals surface area contributed by atoms with Crippen molar-refractivity contribution in [3.63, 3.8) is 0 Å². The van der Waals surface area contributed by atoms with E-state index in [-0.39, 0.29) is 23.5 Å². The number of aliphatic hydroxyl groups is 1. The molecule has 0 unspecified atom stereocenters. The van der Waals surface area contributed by atoms with Crippen LogP contribution >= 0.6 is 0 Å². The molecule has 6 atom stereocenters. The van der Waals surface area contributed by atoms with Gasteiger partial charge in [-0.3, -0.25) is 4.79 Å². The van der Waals surface area contributed by atoms with Crippen LogP contribution in [0.1, 0.15) is 52.5 Å². The molecule has 0 saturated heterocycles. The average Bonchev–Trinajstić information content (AvgIpc) is 2.87. The number of rotatable bonds is 4. The number of anilines is 1. The second kappa shape index (κ2) is 14.9. The molecule has 1 heterocycles. The van der Waals surface area contributed by atoms with Crippen molar-refractivity contribution in [2.75, 3.05) is 26.6 Å². The average molecular weight is 549 g/mol. The first-order valence-electron chi connectivity index (χ1n) is 13.2. The number of aliphatic hydroxyl groups excluding tert-OH is 1. The third-order valence-corrected chi connectivity index (χ3v) is 7.15. The van der Waals surface area contributed by atoms with Crippen LogP contribution in [0.4, 0.5) is 10.5 Å². The minimum Gasteiger partial charge on any atom is -0.504 e. The summed E-state index contributed by atoms with van der Waals surface area (Å²) < 4.78 is 22.2. The molecule has 1 aromatic rings. The maximum atomic E-state index is 12.9. The van der Waals surface area contributed by atoms with Crippen molar-refractivity contribution in [2.45, 2.75) is 77.8 Å². The molecule has 0 saturated carbocycles. The van der Waals surface area contributed by atoms with Crippen LogP contribution in [0.3, 0.4) is 0 Å². The molecule has 218 valence electrons. The van der Waals surface area contributed by atoms with Crippen LogP contribution in [0.25, 0.3) is 0 Å². The third-order valence-electron chi connectivity index (χ3n) is 7.15. The second-order valence-corrected chi connectivity index (χ2v) is 10.3. The molecule has 39 heavy (non-hydrogen) atoms. The van der Waals surface area contributed by atoms with Crippen molar-refractivity contribution in [3.8, 4) is 11.5 Å². The first-order chi connectivity index (χ1) is 18.4. The molecule has 0 aromatic heterocycles. The fourth-order valence-electron chi connectivity index (χ4n) is 5.08. The van der Waals surface area contributed by atoms with Gasteiger partial charge in [-0.2, -0.15) is 0 Å². The number of carbonyl (C=O) groups excluding carboxylic acids is 2. The number of carbonyl (C=O) groups is 2. The monoisotopic (exact) mass is 548 g/mol. The van der Waals surface area contributed by atoms with E-state index in [1.165, 1.54) is 20.3 Å². The molecule has 0 fully saturated rings. The van der Waals surface area contributed by atoms with Gasteiger partial charge in [0.25, 0.3) is 5.91 Å². The molecule has 0 spiro atoms. The van der Waals surface area contributed by atoms with Gasteiger partial charge in [-0.25, -0.2) is 4.79 Å². The number of ether oxygens (including phenoxy) is 4. The van der Waals surface area contributed by atoms with Crippen molar-refractivity contribution in [3.05, 3.63) is 41.0 Å². The summed E-state index contributed by atoms with van der Waals surface area (Å²) >= 11 is 0. The van der Waals surface area contributed by atoms with Crippen LogP contribution in [0.5, 0.6) is 11.5 Å². The Morgan fingerprint density at radius 2 is 1.77 bits per heavy atom. The molecular weight excluding hydrogens is 504 g/mol. The Bertz CT molecular complexity index is 1050. The van der Waals surface area contributed by atoms with Crippen molar-refractivity contribution in [2.24, 2.45) is 17.6 Å². The number of phenols is 1. The molecule has 5 N–H and O–H groups in total. The topological polar surface area (TPSA) is 150 Å². The number of fused-ring (bicyclic) bond motifs is 2. The molecule has 0 radical (unpaired) electrons. The zero-order valence-corrected chi connectivity index (χ0v) is 24.0. The summed E-state index contributed by atoms with van der Waals surface area (Å²) in [6.07, 6.45) is 1.95. The predicted octanol–water partition coefficient (Wildman–Crippen LogP) is 4.09. The highest BCUT2D eigenvalue weighted by Crippen LogP contribution is 2.36. The van der Waals surface area contributed by atoms with Crippen LogP contribution in [0, 0.1) is 11.8 Å². The van der Waals surface area contributed by atoms with Crippen molar-refractivity contribution in [1.82, 2.24) is 0 Å². The van der Waals surface area contributed by atoms with E-state index >= 15 is 0 Å². The first-order valence-corrected chi connectivity index (χ1v) is 13.2. The standard InChI is InChI=1S/C29H44N2O8/c1-16-11-20-14-21(15-22(32)27(20)38-7)31-28(34)17(2)9-8-10-23(36-5)26(39-29(30)35)19(4)13-18(3)25(33)24(12-16)37-6/h9,13-16,18,23-26,32-33H,8,10-12H2,1-7H3,(H2,30,35)(H,31,34)/b17-9+,19-13+/t16-,18+,23+,24+,25+,26+/m1/s1. The van der Waals surface area contributed by atoms with Gasteiger partial charge in [-0.15, -0.1) is 0 Å². The Hall–Kier alpha value is -3.08. The Labute approximate surface area is 231 Å². The lowest BCUT2D eigenvalue weighted by atomic mass is 9.88. The lowest BCUT2D eigenvalue weighted by Gasteiger charge is -2.30. The van der Waals surface area contributed by atoms with Gasteiger partial charge in [-0.05, 0) is 57.1 Å². The summed E-state index contributed by atoms with van der Waals surface area (Å²) in [6.45, 7) is 7.38. The molecule has 1 aromatic carbocycles. The Morgan fingerprint density at radius 1 is 1.10 bits per heavy atom. The smallest absolute Gasteiger partial charge is 0.405 e. The van der Waals surface area contributed by atoms with Crippen molar-refractivity contribution < 1.29 is 38.7 Å². The summed E-state index contributed by atoms with van der Waals surface area (Å²) in [4.78, 5) is 24.6. The summed E-state index contributed by atoms with van der Waals surface area (Å²) in [5.41, 5.74) is 7.69. The zero-order chi connectivity index (χ0) is 29.3. The quantitative estimate of drug-likeness (QED) is 0.411. The van der Waals surface area contributed by atoms with E-state index < -0.39 is 30.5 Å². The van der Waals surface area contributed by atoms with Gasteiger partial charge < -0.3 is 40.2 Å². The SMILES string of the molecule is COc1c(O)cc2cc1C[C@@H](C)C[C@H](OC)[C@@H](O)[C@@H](C)/C=C(\C)[C@H](OC(N)=O)[C@@H](OC)CC/C=C(\C)C(=O)N2. The van der Waals surface area contributed by atoms with E-state index in [4.69, 9.17) is 24.7 Å². The highest BCUT2D eigenvalue weighted by molar-refractivity contribution is 6.03. The predicted molar refractivity (Wildman–Crippen MR) is 149 cm³/mol. The number of hydrogen-bond acceptors (Lipinski definition) is 8. The minimum atomic E-state index is -0.934. The van der Waals surface area contributed by atoms with Crippen LogP contribution in [0.15, 0.2) is 35.4 Å². The number of methoxy groups -OCH3 is 3. The molecule has 0 aliphatic carbocycles. The number of nitrogens with two attached hydrogens (primary N) is 1. The summed E-state index contributed by atoms with van der Waals surface area (Å²) in [5.74, 6) is -0.375. The summed E-state index contributed by atoms with van der Waals surface area (Å²) in [5, 5.41) is 24.6. The van der Waals surface area contributed by atoms with E-state index in [0.717, 1.165) is 5.56 Å². The van der Waals surface area contributed by atoms with E-state index in [1.807, 2.05) is 19.9 Å². The summed E-state index contributed by atoms with van der Waals surface area (Å²) in [7, 11) is 4.55. The van der Waals surface area contributed by atoms with Gasteiger partial charge in [0, 0.05) is 43.0 Å². The first kappa shape index (κ1) is 32.1. The Morgan fingerprint density at radius 3 is 2.36 bits per heavy atom. The molecule has 2 rings (SSSR count). The maximum absolute atomic E-state index is 12.9. The van der Waals surface area contributed by atoms with Gasteiger partial charge in [0.05, 0.1) is 25.4 Å². The van der Waals surface area contributed by atoms with E-state index in [1.54, 1.807) is 33.1 Å². The second-order valence-electron chi connectivity index (χ2n) is 10.3. The molecule has 10 nitrogen and oxygen atoms in total. The highest BCUT2D eigenvalue weighted by atomic mass is 16.6.